The van der Waals surface area contributed by atoms with Crippen LogP contribution in [0.1, 0.15) is 20.9 Å². The molecule has 4 rings (SSSR count). The maximum absolute atomic E-state index is 12.8. The van der Waals surface area contributed by atoms with Gasteiger partial charge in [0.05, 0.1) is 10.4 Å². The van der Waals surface area contributed by atoms with Gasteiger partial charge in [-0.2, -0.15) is 9.78 Å². The predicted octanol–water partition coefficient (Wildman–Crippen LogP) is 2.76. The summed E-state index contributed by atoms with van der Waals surface area (Å²) in [5.74, 6) is -0.356. The van der Waals surface area contributed by atoms with Crippen LogP contribution in [0.25, 0.3) is 17.1 Å². The van der Waals surface area contributed by atoms with E-state index in [0.717, 1.165) is 9.77 Å². The normalized spacial score (nSPS) is 11.3. The van der Waals surface area contributed by atoms with Crippen molar-refractivity contribution in [3.63, 3.8) is 0 Å². The number of thiophene rings is 1. The number of anilines is 1. The highest BCUT2D eigenvalue weighted by Crippen LogP contribution is 2.29. The zero-order valence-corrected chi connectivity index (χ0v) is 17.6. The van der Waals surface area contributed by atoms with Crippen LogP contribution in [-0.4, -0.2) is 43.7 Å². The van der Waals surface area contributed by atoms with Gasteiger partial charge in [-0.1, -0.05) is 35.5 Å². The van der Waals surface area contributed by atoms with Gasteiger partial charge in [0.25, 0.3) is 5.91 Å². The number of benzene rings is 1. The van der Waals surface area contributed by atoms with Crippen LogP contribution in [0.2, 0.25) is 0 Å². The molecular weight excluding hydrogens is 424 g/mol. The van der Waals surface area contributed by atoms with Crippen LogP contribution >= 0.6 is 23.1 Å². The maximum atomic E-state index is 12.8. The van der Waals surface area contributed by atoms with Crippen molar-refractivity contribution in [2.45, 2.75) is 11.1 Å². The van der Waals surface area contributed by atoms with Gasteiger partial charge in [0, 0.05) is 16.0 Å². The second-order valence-electron chi connectivity index (χ2n) is 6.04. The van der Waals surface area contributed by atoms with E-state index < -0.39 is 5.91 Å². The molecule has 0 spiro atoms. The highest BCUT2D eigenvalue weighted by Gasteiger charge is 2.25. The summed E-state index contributed by atoms with van der Waals surface area (Å²) in [7, 11) is 0. The average Bonchev–Trinajstić information content (AvgIpc) is 3.46. The molecule has 0 aliphatic carbocycles. The number of hydrazone groups is 1. The van der Waals surface area contributed by atoms with Gasteiger partial charge in [-0.05, 0) is 29.6 Å². The second-order valence-corrected chi connectivity index (χ2v) is 8.37. The van der Waals surface area contributed by atoms with Crippen LogP contribution in [0.5, 0.6) is 0 Å². The molecular formula is C18H16N8O2S2. The first kappa shape index (κ1) is 19.8. The fourth-order valence-corrected chi connectivity index (χ4v) is 4.53. The fourth-order valence-electron chi connectivity index (χ4n) is 2.75. The number of aryl methyl sites for hydroxylation is 1. The molecule has 4 aromatic rings. The molecule has 30 heavy (non-hydrogen) atoms. The maximum Gasteiger partial charge on any atom is 0.294 e. The summed E-state index contributed by atoms with van der Waals surface area (Å²) in [6, 6.07) is 11.2. The number of rotatable bonds is 6. The number of amides is 1. The summed E-state index contributed by atoms with van der Waals surface area (Å²) in [4.78, 5) is 14.0. The van der Waals surface area contributed by atoms with Crippen LogP contribution < -0.4 is 11.2 Å². The minimum Gasteiger partial charge on any atom is -0.378 e. The molecule has 3 N–H and O–H groups in total. The summed E-state index contributed by atoms with van der Waals surface area (Å²) < 4.78 is 7.09. The lowest BCUT2D eigenvalue weighted by Gasteiger charge is -2.05. The van der Waals surface area contributed by atoms with Crippen molar-refractivity contribution in [3.05, 3.63) is 52.5 Å². The molecule has 0 bridgehead atoms. The molecule has 3 heterocycles. The molecule has 1 amide bonds. The predicted molar refractivity (Wildman–Crippen MR) is 115 cm³/mol. The minimum atomic E-state index is -0.524. The number of carbonyl (C=O) groups excluding carboxylic acids is 1. The van der Waals surface area contributed by atoms with E-state index in [4.69, 9.17) is 5.73 Å². The van der Waals surface area contributed by atoms with Crippen LogP contribution in [0, 0.1) is 6.92 Å². The highest BCUT2D eigenvalue weighted by molar-refractivity contribution is 8.00. The van der Waals surface area contributed by atoms with Gasteiger partial charge < -0.3 is 5.73 Å². The van der Waals surface area contributed by atoms with Crippen molar-refractivity contribution >= 4 is 41.0 Å². The number of hydrogen-bond donors (Lipinski definition) is 2. The number of aromatic nitrogens is 5. The lowest BCUT2D eigenvalue weighted by atomic mass is 10.1. The average molecular weight is 441 g/mol. The van der Waals surface area contributed by atoms with Gasteiger partial charge in [0.15, 0.2) is 5.69 Å². The zero-order chi connectivity index (χ0) is 21.1. The zero-order valence-electron chi connectivity index (χ0n) is 15.9. The lowest BCUT2D eigenvalue weighted by molar-refractivity contribution is 0.0950. The number of nitrogens with zero attached hydrogens (tertiary/aromatic N) is 6. The summed E-state index contributed by atoms with van der Waals surface area (Å²) in [6.45, 7) is 2.02. The Balaban J connectivity index is 1.67. The third kappa shape index (κ3) is 3.82. The molecule has 0 unspecified atom stereocenters. The summed E-state index contributed by atoms with van der Waals surface area (Å²) in [5, 5.41) is 19.4. The number of hydrogen-bond acceptors (Lipinski definition) is 10. The first-order valence-corrected chi connectivity index (χ1v) is 10.7. The number of nitrogen functional groups attached to an aromatic ring is 1. The number of nitrogens with two attached hydrogens (primary N) is 1. The highest BCUT2D eigenvalue weighted by atomic mass is 32.2. The first-order valence-electron chi connectivity index (χ1n) is 8.66. The molecule has 0 saturated heterocycles. The minimum absolute atomic E-state index is 0.0273. The summed E-state index contributed by atoms with van der Waals surface area (Å²) >= 11 is 3.30. The van der Waals surface area contributed by atoms with E-state index in [2.05, 4.69) is 35.8 Å². The fraction of sp³-hybridized carbons (Fsp3) is 0.111. The van der Waals surface area contributed by atoms with E-state index >= 15 is 0 Å². The monoisotopic (exact) mass is 440 g/mol. The smallest absolute Gasteiger partial charge is 0.294 e. The summed E-state index contributed by atoms with van der Waals surface area (Å²) in [5.41, 5.74) is 10.4. The van der Waals surface area contributed by atoms with Crippen LogP contribution in [-0.2, 0) is 0 Å². The molecule has 3 aromatic heterocycles. The van der Waals surface area contributed by atoms with E-state index in [0.29, 0.717) is 11.3 Å². The first-order chi connectivity index (χ1) is 14.6. The van der Waals surface area contributed by atoms with Gasteiger partial charge in [0.1, 0.15) is 5.69 Å². The Kier molecular flexibility index (Phi) is 5.59. The van der Waals surface area contributed by atoms with Crippen molar-refractivity contribution in [1.82, 2.24) is 30.7 Å². The molecule has 1 aromatic carbocycles. The van der Waals surface area contributed by atoms with E-state index in [-0.39, 0.29) is 17.3 Å². The van der Waals surface area contributed by atoms with E-state index in [9.17, 15) is 4.79 Å². The number of carbonyl (C=O) groups is 1. The van der Waals surface area contributed by atoms with E-state index in [1.807, 2.05) is 49.6 Å². The van der Waals surface area contributed by atoms with Crippen LogP contribution in [0.3, 0.4) is 0 Å². The molecule has 152 valence electrons. The molecule has 0 fully saturated rings. The third-order valence-electron chi connectivity index (χ3n) is 4.03. The second kappa shape index (κ2) is 8.47. The molecule has 10 nitrogen and oxygen atoms in total. The number of thioether (sulfide) groups is 1. The largest absolute Gasteiger partial charge is 0.378 e. The van der Waals surface area contributed by atoms with Crippen LogP contribution in [0.15, 0.2) is 50.3 Å². The van der Waals surface area contributed by atoms with Crippen molar-refractivity contribution in [2.75, 3.05) is 12.0 Å². The molecule has 0 atom stereocenters. The summed E-state index contributed by atoms with van der Waals surface area (Å²) in [6.07, 6.45) is 3.61. The van der Waals surface area contributed by atoms with E-state index in [1.165, 1.54) is 9.56 Å². The van der Waals surface area contributed by atoms with Crippen molar-refractivity contribution < 1.29 is 9.42 Å². The van der Waals surface area contributed by atoms with E-state index in [1.54, 1.807) is 29.3 Å². The molecule has 0 saturated carbocycles. The van der Waals surface area contributed by atoms with Gasteiger partial charge in [-0.15, -0.1) is 28.2 Å². The third-order valence-corrected chi connectivity index (χ3v) is 6.25. The van der Waals surface area contributed by atoms with Crippen LogP contribution in [0.4, 0.5) is 5.82 Å². The van der Waals surface area contributed by atoms with Gasteiger partial charge >= 0.3 is 0 Å². The molecule has 0 aliphatic rings. The van der Waals surface area contributed by atoms with Gasteiger partial charge in [-0.3, -0.25) is 4.79 Å². The Morgan fingerprint density at radius 1 is 1.33 bits per heavy atom. The Labute approximate surface area is 179 Å². The lowest BCUT2D eigenvalue weighted by Crippen LogP contribution is -2.19. The molecule has 12 heteroatoms. The van der Waals surface area contributed by atoms with Crippen molar-refractivity contribution in [3.8, 4) is 17.1 Å². The topological polar surface area (TPSA) is 137 Å². The van der Waals surface area contributed by atoms with Gasteiger partial charge in [-0.25, -0.2) is 10.1 Å². The Morgan fingerprint density at radius 3 is 2.83 bits per heavy atom. The quantitative estimate of drug-likeness (QED) is 0.265. The molecule has 0 aliphatic heterocycles. The molecule has 0 radical (unpaired) electrons. The van der Waals surface area contributed by atoms with Crippen molar-refractivity contribution in [1.29, 1.82) is 0 Å². The van der Waals surface area contributed by atoms with Crippen molar-refractivity contribution in [2.24, 2.45) is 5.10 Å². The van der Waals surface area contributed by atoms with Gasteiger partial charge in [0.2, 0.25) is 11.6 Å². The Bertz CT molecular complexity index is 1210. The standard InChI is InChI=1S/C18H16N8O2S2/c1-10-8-12(18(29-2)30-10)9-20-22-17(27)13-14(11-6-4-3-5-7-11)26(25-21-13)16-15(19)23-28-24-16/h3-9H,1-2H3,(H2,19,23)(H,22,27). The Hall–Kier alpha value is -3.51. The number of nitrogens with one attached hydrogen (secondary N) is 1. The SMILES string of the molecule is CSc1sc(C)cc1C=NNC(=O)c1nnn(-c2nonc2N)c1-c1ccccc1. The Morgan fingerprint density at radius 2 is 2.13 bits per heavy atom.